The Morgan fingerprint density at radius 3 is 2.00 bits per heavy atom. The van der Waals surface area contributed by atoms with Crippen molar-refractivity contribution in [3.63, 3.8) is 0 Å². The highest BCUT2D eigenvalue weighted by Gasteiger charge is 2.54. The van der Waals surface area contributed by atoms with Gasteiger partial charge >= 0.3 is 0 Å². The molecule has 0 unspecified atom stereocenters. The summed E-state index contributed by atoms with van der Waals surface area (Å²) in [6, 6.07) is 0. The van der Waals surface area contributed by atoms with E-state index in [2.05, 4.69) is 5.92 Å². The largest absolute Gasteiger partial charge is 0.324 e. The van der Waals surface area contributed by atoms with Crippen LogP contribution in [0.25, 0.3) is 0 Å². The van der Waals surface area contributed by atoms with Crippen LogP contribution in [0.1, 0.15) is 32.1 Å². The number of hydrogen-bond donors (Lipinski definition) is 0. The fraction of sp³-hybridized carbons (Fsp3) is 0.818. The Morgan fingerprint density at radius 2 is 1.57 bits per heavy atom. The average Bonchev–Trinajstić information content (AvgIpc) is 2.12. The average molecular weight is 194 g/mol. The highest BCUT2D eigenvalue weighted by atomic mass is 16.9. The van der Waals surface area contributed by atoms with Gasteiger partial charge in [0.15, 0.2) is 0 Å². The van der Waals surface area contributed by atoms with E-state index in [1.165, 1.54) is 0 Å². The Labute approximate surface area is 83.7 Å². The Morgan fingerprint density at radius 1 is 1.07 bits per heavy atom. The quantitative estimate of drug-likeness (QED) is 0.622. The Hall–Kier alpha value is -0.560. The third-order valence-corrected chi connectivity index (χ3v) is 3.19. The number of rotatable bonds is 2. The Bertz CT molecular complexity index is 243. The summed E-state index contributed by atoms with van der Waals surface area (Å²) in [4.78, 5) is 0. The predicted molar refractivity (Wildman–Crippen MR) is 49.3 cm³/mol. The second-order valence-electron chi connectivity index (χ2n) is 4.31. The van der Waals surface area contributed by atoms with Gasteiger partial charge in [0.05, 0.1) is 18.3 Å². The first kappa shape index (κ1) is 8.72. The monoisotopic (exact) mass is 194 g/mol. The van der Waals surface area contributed by atoms with E-state index in [-0.39, 0.29) is 0 Å². The highest BCUT2D eigenvalue weighted by Crippen LogP contribution is 2.46. The summed E-state index contributed by atoms with van der Waals surface area (Å²) in [5, 5.41) is 0. The molecule has 3 heterocycles. The minimum atomic E-state index is -0.791. The van der Waals surface area contributed by atoms with Crippen molar-refractivity contribution in [3.8, 4) is 12.3 Å². The summed E-state index contributed by atoms with van der Waals surface area (Å²) in [5.74, 6) is 1.81. The van der Waals surface area contributed by atoms with Gasteiger partial charge in [-0.3, -0.25) is 0 Å². The molecule has 0 aromatic carbocycles. The Kier molecular flexibility index (Phi) is 1.85. The van der Waals surface area contributed by atoms with Crippen LogP contribution in [-0.4, -0.2) is 24.3 Å². The van der Waals surface area contributed by atoms with Crippen molar-refractivity contribution >= 4 is 0 Å². The minimum absolute atomic E-state index is 0.332. The van der Waals surface area contributed by atoms with E-state index in [0.29, 0.717) is 31.2 Å². The Balaban J connectivity index is 1.78. The van der Waals surface area contributed by atoms with Crippen molar-refractivity contribution in [2.45, 2.75) is 56.4 Å². The van der Waals surface area contributed by atoms with Gasteiger partial charge in [-0.05, 0) is 0 Å². The lowest BCUT2D eigenvalue weighted by Gasteiger charge is -2.55. The van der Waals surface area contributed by atoms with Gasteiger partial charge in [-0.2, -0.15) is 0 Å². The highest BCUT2D eigenvalue weighted by molar-refractivity contribution is 4.93. The van der Waals surface area contributed by atoms with Crippen LogP contribution in [-0.2, 0) is 14.2 Å². The first-order valence-corrected chi connectivity index (χ1v) is 5.26. The summed E-state index contributed by atoms with van der Waals surface area (Å²) in [6.07, 6.45) is 10.6. The molecule has 0 spiro atoms. The molecule has 1 saturated carbocycles. The van der Waals surface area contributed by atoms with Gasteiger partial charge in [-0.1, -0.05) is 0 Å². The van der Waals surface area contributed by atoms with Gasteiger partial charge in [-0.25, -0.2) is 0 Å². The van der Waals surface area contributed by atoms with Crippen LogP contribution in [0, 0.1) is 12.3 Å². The normalized spacial score (nSPS) is 49.2. The summed E-state index contributed by atoms with van der Waals surface area (Å²) in [6.45, 7) is 0. The van der Waals surface area contributed by atoms with Crippen molar-refractivity contribution in [1.82, 2.24) is 0 Å². The maximum Gasteiger partial charge on any atom is 0.284 e. The van der Waals surface area contributed by atoms with E-state index >= 15 is 0 Å². The van der Waals surface area contributed by atoms with Gasteiger partial charge in [0.1, 0.15) is 0 Å². The maximum atomic E-state index is 5.77. The first-order valence-electron chi connectivity index (χ1n) is 5.26. The van der Waals surface area contributed by atoms with Gasteiger partial charge in [0, 0.05) is 32.1 Å². The molecular formula is C11H14O3. The van der Waals surface area contributed by atoms with E-state index in [4.69, 9.17) is 20.6 Å². The van der Waals surface area contributed by atoms with Crippen molar-refractivity contribution in [2.75, 3.05) is 0 Å². The second kappa shape index (κ2) is 2.96. The molecule has 0 atom stereocenters. The van der Waals surface area contributed by atoms with Gasteiger partial charge in [0.2, 0.25) is 0 Å². The summed E-state index contributed by atoms with van der Waals surface area (Å²) in [5.41, 5.74) is 0. The van der Waals surface area contributed by atoms with Gasteiger partial charge in [-0.15, -0.1) is 12.3 Å². The van der Waals surface area contributed by atoms with Crippen LogP contribution in [0.2, 0.25) is 0 Å². The number of terminal acetylenes is 1. The third kappa shape index (κ3) is 1.26. The lowest BCUT2D eigenvalue weighted by Crippen LogP contribution is -2.62. The molecule has 0 N–H and O–H groups in total. The third-order valence-electron chi connectivity index (χ3n) is 3.19. The smallest absolute Gasteiger partial charge is 0.284 e. The molecular weight excluding hydrogens is 180 g/mol. The molecule has 0 radical (unpaired) electrons. The molecule has 76 valence electrons. The van der Waals surface area contributed by atoms with Crippen molar-refractivity contribution in [2.24, 2.45) is 0 Å². The summed E-state index contributed by atoms with van der Waals surface area (Å²) in [7, 11) is 0. The lowest BCUT2D eigenvalue weighted by atomic mass is 9.89. The van der Waals surface area contributed by atoms with Gasteiger partial charge in [0.25, 0.3) is 5.97 Å². The molecule has 1 aliphatic carbocycles. The number of hydrogen-bond acceptors (Lipinski definition) is 3. The van der Waals surface area contributed by atoms with Crippen molar-refractivity contribution in [1.29, 1.82) is 0 Å². The molecule has 4 aliphatic rings. The predicted octanol–water partition coefficient (Wildman–Crippen LogP) is 1.42. The summed E-state index contributed by atoms with van der Waals surface area (Å²) < 4.78 is 17.3. The fourth-order valence-electron chi connectivity index (χ4n) is 2.70. The van der Waals surface area contributed by atoms with E-state index < -0.39 is 5.97 Å². The lowest BCUT2D eigenvalue weighted by molar-refractivity contribution is -0.495. The van der Waals surface area contributed by atoms with Crippen molar-refractivity contribution in [3.05, 3.63) is 0 Å². The second-order valence-corrected chi connectivity index (χ2v) is 4.31. The van der Waals surface area contributed by atoms with E-state index in [1.54, 1.807) is 0 Å². The zero-order valence-electron chi connectivity index (χ0n) is 8.07. The van der Waals surface area contributed by atoms with Crippen LogP contribution in [0.15, 0.2) is 0 Å². The van der Waals surface area contributed by atoms with E-state index in [1.807, 2.05) is 0 Å². The molecule has 3 aliphatic heterocycles. The molecule has 0 aromatic rings. The molecule has 3 nitrogen and oxygen atoms in total. The van der Waals surface area contributed by atoms with Crippen LogP contribution in [0.3, 0.4) is 0 Å². The van der Waals surface area contributed by atoms with Crippen LogP contribution < -0.4 is 0 Å². The molecule has 0 aromatic heterocycles. The molecule has 14 heavy (non-hydrogen) atoms. The van der Waals surface area contributed by atoms with Crippen molar-refractivity contribution < 1.29 is 14.2 Å². The molecule has 4 bridgehead atoms. The van der Waals surface area contributed by atoms with Crippen LogP contribution in [0.5, 0.6) is 0 Å². The van der Waals surface area contributed by atoms with E-state index in [9.17, 15) is 0 Å². The zero-order valence-corrected chi connectivity index (χ0v) is 8.07. The standard InChI is InChI=1S/C11H14O3/c1-2-3-4-11-12-8-5-9(13-11)7-10(6-8)14-11/h1,8-10H,3-7H2. The molecule has 3 saturated heterocycles. The zero-order chi connectivity index (χ0) is 9.60. The summed E-state index contributed by atoms with van der Waals surface area (Å²) >= 11 is 0. The molecule has 4 fully saturated rings. The fourth-order valence-corrected chi connectivity index (χ4v) is 2.70. The van der Waals surface area contributed by atoms with E-state index in [0.717, 1.165) is 19.3 Å². The molecule has 3 heteroatoms. The number of ether oxygens (including phenoxy) is 3. The topological polar surface area (TPSA) is 27.7 Å². The molecule has 4 rings (SSSR count). The molecule has 0 amide bonds. The van der Waals surface area contributed by atoms with Gasteiger partial charge < -0.3 is 14.2 Å². The maximum absolute atomic E-state index is 5.77. The SMILES string of the molecule is C#CCCC12OC3CC(CC(C3)O1)O2. The minimum Gasteiger partial charge on any atom is -0.324 e. The first-order chi connectivity index (χ1) is 6.80. The van der Waals surface area contributed by atoms with Crippen LogP contribution >= 0.6 is 0 Å². The van der Waals surface area contributed by atoms with Crippen LogP contribution in [0.4, 0.5) is 0 Å².